The van der Waals surface area contributed by atoms with E-state index in [0.717, 1.165) is 0 Å². The summed E-state index contributed by atoms with van der Waals surface area (Å²) in [4.78, 5) is 50.5. The summed E-state index contributed by atoms with van der Waals surface area (Å²) >= 11 is 0. The Morgan fingerprint density at radius 2 is 1.12 bits per heavy atom. The molecule has 2 heterocycles. The molecule has 5 rings (SSSR count). The Kier molecular flexibility index (Phi) is 4.41. The maximum absolute atomic E-state index is 12.9. The maximum Gasteiger partial charge on any atom is 0.228 e. The lowest BCUT2D eigenvalue weighted by Crippen LogP contribution is -2.56. The average molecular weight is 442 g/mol. The molecule has 8 N–H and O–H groups in total. The molecule has 8 unspecified atom stereocenters. The highest BCUT2D eigenvalue weighted by molar-refractivity contribution is 5.96. The van der Waals surface area contributed by atoms with Crippen LogP contribution in [0.4, 0.5) is 0 Å². The second kappa shape index (κ2) is 6.76. The fraction of sp³-hybridized carbons (Fsp3) is 0.545. The summed E-state index contributed by atoms with van der Waals surface area (Å²) in [5.74, 6) is -4.40. The number of carbonyl (C=O) groups is 4. The van der Waals surface area contributed by atoms with Crippen LogP contribution in [0.3, 0.4) is 0 Å². The van der Waals surface area contributed by atoms with Crippen LogP contribution in [-0.2, 0) is 39.5 Å². The molecular formula is C22H26N4O6. The quantitative estimate of drug-likeness (QED) is 0.385. The Labute approximate surface area is 183 Å². The molecule has 8 atom stereocenters. The zero-order valence-electron chi connectivity index (χ0n) is 17.4. The van der Waals surface area contributed by atoms with Gasteiger partial charge >= 0.3 is 0 Å². The number of rotatable bonds is 6. The van der Waals surface area contributed by atoms with Gasteiger partial charge in [-0.05, 0) is 36.8 Å². The van der Waals surface area contributed by atoms with Crippen LogP contribution < -0.4 is 22.9 Å². The first-order valence-electron chi connectivity index (χ1n) is 10.7. The molecule has 4 fully saturated rings. The number of hydrogen-bond donors (Lipinski definition) is 4. The molecule has 1 aromatic rings. The van der Waals surface area contributed by atoms with Gasteiger partial charge in [-0.15, -0.1) is 0 Å². The highest BCUT2D eigenvalue weighted by Crippen LogP contribution is 2.54. The Balaban J connectivity index is 1.66. The van der Waals surface area contributed by atoms with Crippen LogP contribution in [0, 0.1) is 11.8 Å². The molecule has 2 aliphatic heterocycles. The van der Waals surface area contributed by atoms with Crippen molar-refractivity contribution in [2.75, 3.05) is 0 Å². The van der Waals surface area contributed by atoms with E-state index in [9.17, 15) is 19.2 Å². The summed E-state index contributed by atoms with van der Waals surface area (Å²) in [5.41, 5.74) is 21.2. The zero-order valence-corrected chi connectivity index (χ0v) is 17.4. The normalized spacial score (nSPS) is 41.6. The van der Waals surface area contributed by atoms with E-state index in [0.29, 0.717) is 11.1 Å². The van der Waals surface area contributed by atoms with Gasteiger partial charge in [-0.3, -0.25) is 19.2 Å². The van der Waals surface area contributed by atoms with E-state index in [1.807, 2.05) is 0 Å². The van der Waals surface area contributed by atoms with Crippen LogP contribution >= 0.6 is 0 Å². The molecule has 0 bridgehead atoms. The summed E-state index contributed by atoms with van der Waals surface area (Å²) in [7, 11) is 0. The average Bonchev–Trinajstić information content (AvgIpc) is 3.65. The fourth-order valence-corrected chi connectivity index (χ4v) is 6.18. The molecule has 170 valence electrons. The third-order valence-electron chi connectivity index (χ3n) is 8.01. The Morgan fingerprint density at radius 1 is 0.719 bits per heavy atom. The van der Waals surface area contributed by atoms with Gasteiger partial charge < -0.3 is 32.4 Å². The lowest BCUT2D eigenvalue weighted by atomic mass is 9.58. The number of primary amides is 4. The van der Waals surface area contributed by atoms with Crippen LogP contribution in [0.5, 0.6) is 0 Å². The minimum atomic E-state index is -1.39. The molecular weight excluding hydrogens is 416 g/mol. The second-order valence-electron chi connectivity index (χ2n) is 9.47. The van der Waals surface area contributed by atoms with E-state index in [1.165, 1.54) is 0 Å². The molecule has 0 radical (unpaired) electrons. The third kappa shape index (κ3) is 2.79. The lowest BCUT2D eigenvalue weighted by Gasteiger charge is -2.42. The topological polar surface area (TPSA) is 197 Å². The predicted molar refractivity (Wildman–Crippen MR) is 109 cm³/mol. The van der Waals surface area contributed by atoms with Crippen LogP contribution in [0.15, 0.2) is 24.3 Å². The van der Waals surface area contributed by atoms with Crippen molar-refractivity contribution < 1.29 is 28.7 Å². The highest BCUT2D eigenvalue weighted by atomic mass is 16.6. The highest BCUT2D eigenvalue weighted by Gasteiger charge is 2.63. The summed E-state index contributed by atoms with van der Waals surface area (Å²) < 4.78 is 11.2. The molecule has 32 heavy (non-hydrogen) atoms. The van der Waals surface area contributed by atoms with Crippen molar-refractivity contribution in [2.45, 2.75) is 60.9 Å². The van der Waals surface area contributed by atoms with Gasteiger partial charge in [0.15, 0.2) is 0 Å². The zero-order chi connectivity index (χ0) is 23.0. The first-order chi connectivity index (χ1) is 15.1. The Bertz CT molecular complexity index is 968. The van der Waals surface area contributed by atoms with Gasteiger partial charge in [0, 0.05) is 0 Å². The first-order valence-corrected chi connectivity index (χ1v) is 10.7. The molecule has 2 aliphatic carbocycles. The lowest BCUT2D eigenvalue weighted by molar-refractivity contribution is -0.135. The first kappa shape index (κ1) is 20.9. The molecule has 4 aliphatic rings. The third-order valence-corrected chi connectivity index (χ3v) is 8.01. The van der Waals surface area contributed by atoms with E-state index in [-0.39, 0.29) is 50.1 Å². The van der Waals surface area contributed by atoms with Crippen molar-refractivity contribution in [3.63, 3.8) is 0 Å². The van der Waals surface area contributed by atoms with Gasteiger partial charge in [0.2, 0.25) is 23.6 Å². The van der Waals surface area contributed by atoms with Crippen molar-refractivity contribution >= 4 is 23.6 Å². The van der Waals surface area contributed by atoms with Crippen LogP contribution in [-0.4, -0.2) is 48.0 Å². The van der Waals surface area contributed by atoms with E-state index >= 15 is 0 Å². The van der Waals surface area contributed by atoms with Crippen LogP contribution in [0.1, 0.15) is 36.8 Å². The van der Waals surface area contributed by atoms with Gasteiger partial charge in [-0.2, -0.15) is 0 Å². The number of hydrogen-bond acceptors (Lipinski definition) is 6. The van der Waals surface area contributed by atoms with E-state index in [2.05, 4.69) is 0 Å². The number of ether oxygens (including phenoxy) is 2. The van der Waals surface area contributed by atoms with Gasteiger partial charge in [0.1, 0.15) is 0 Å². The second-order valence-corrected chi connectivity index (χ2v) is 9.47. The number of fused-ring (bicyclic) bond motifs is 2. The Morgan fingerprint density at radius 3 is 1.47 bits per heavy atom. The van der Waals surface area contributed by atoms with E-state index in [1.54, 1.807) is 24.3 Å². The molecule has 2 saturated carbocycles. The summed E-state index contributed by atoms with van der Waals surface area (Å²) in [5, 5.41) is 0. The summed E-state index contributed by atoms with van der Waals surface area (Å²) in [6.45, 7) is 0. The number of carbonyl (C=O) groups excluding carboxylic acids is 4. The largest absolute Gasteiger partial charge is 0.370 e. The monoisotopic (exact) mass is 442 g/mol. The van der Waals surface area contributed by atoms with Gasteiger partial charge in [0.25, 0.3) is 0 Å². The summed E-state index contributed by atoms with van der Waals surface area (Å²) in [6.07, 6.45) is 0.358. The van der Waals surface area contributed by atoms with E-state index < -0.39 is 46.3 Å². The van der Waals surface area contributed by atoms with Gasteiger partial charge in [0.05, 0.1) is 47.1 Å². The molecule has 10 heteroatoms. The Hall–Kier alpha value is -2.98. The summed E-state index contributed by atoms with van der Waals surface area (Å²) in [6, 6.07) is 6.67. The van der Waals surface area contributed by atoms with Gasteiger partial charge in [-0.25, -0.2) is 0 Å². The van der Waals surface area contributed by atoms with Crippen LogP contribution in [0.2, 0.25) is 0 Å². The number of epoxide rings is 2. The van der Waals surface area contributed by atoms with Crippen molar-refractivity contribution in [2.24, 2.45) is 34.8 Å². The molecule has 1 aromatic carbocycles. The minimum absolute atomic E-state index is 0.123. The van der Waals surface area contributed by atoms with Crippen molar-refractivity contribution in [1.29, 1.82) is 0 Å². The molecule has 0 spiro atoms. The minimum Gasteiger partial charge on any atom is -0.370 e. The van der Waals surface area contributed by atoms with Crippen molar-refractivity contribution in [1.82, 2.24) is 0 Å². The molecule has 10 nitrogen and oxygen atoms in total. The molecule has 0 aromatic heterocycles. The fourth-order valence-electron chi connectivity index (χ4n) is 6.18. The van der Waals surface area contributed by atoms with Crippen LogP contribution in [0.25, 0.3) is 0 Å². The molecule has 2 saturated heterocycles. The van der Waals surface area contributed by atoms with Gasteiger partial charge in [-0.1, -0.05) is 24.3 Å². The maximum atomic E-state index is 12.9. The van der Waals surface area contributed by atoms with E-state index in [4.69, 9.17) is 32.4 Å². The standard InChI is InChI=1S/C22H26N4O6/c23-17(27)11-5-13-15(31-13)7-21(11,19(25)29)9-2-1-3-10(4-9)22(20(26)30)8-16-14(32-16)6-12(22)18(24)28/h1-4,11-16H,5-8H2,(H2,23,27)(H2,24,28)(H2,25,29)(H2,26,30). The molecule has 4 amide bonds. The smallest absolute Gasteiger partial charge is 0.228 e. The predicted octanol–water partition coefficient (Wildman–Crippen LogP) is -1.54. The number of amides is 4. The number of nitrogens with two attached hydrogens (primary N) is 4. The van der Waals surface area contributed by atoms with Crippen molar-refractivity contribution in [3.8, 4) is 0 Å². The van der Waals surface area contributed by atoms with Crippen molar-refractivity contribution in [3.05, 3.63) is 35.4 Å². The SMILES string of the molecule is NC(=O)C1CC2OC2CC1(C(N)=O)c1cccc(C2(C(N)=O)CC3OC3CC2C(N)=O)c1. The number of benzene rings is 1.